The number of hydrogen-bond acceptors (Lipinski definition) is 1. The van der Waals surface area contributed by atoms with E-state index in [0.717, 1.165) is 29.4 Å². The predicted octanol–water partition coefficient (Wildman–Crippen LogP) is 4.94. The zero-order valence-corrected chi connectivity index (χ0v) is 14.2. The summed E-state index contributed by atoms with van der Waals surface area (Å²) in [5.41, 5.74) is 1.01. The summed E-state index contributed by atoms with van der Waals surface area (Å²) >= 11 is 3.40. The molecule has 0 aliphatic carbocycles. The molecule has 0 radical (unpaired) electrons. The van der Waals surface area contributed by atoms with Crippen molar-refractivity contribution in [3.8, 4) is 0 Å². The van der Waals surface area contributed by atoms with Crippen LogP contribution in [-0.2, 0) is 6.42 Å². The molecule has 3 heteroatoms. The first-order valence-corrected chi connectivity index (χ1v) is 7.57. The Morgan fingerprint density at radius 2 is 1.79 bits per heavy atom. The van der Waals surface area contributed by atoms with Crippen molar-refractivity contribution in [2.75, 3.05) is 6.54 Å². The molecule has 0 saturated carbocycles. The smallest absolute Gasteiger partial charge is 0.126 e. The van der Waals surface area contributed by atoms with Crippen molar-refractivity contribution in [3.63, 3.8) is 0 Å². The molecule has 0 unspecified atom stereocenters. The van der Waals surface area contributed by atoms with Crippen LogP contribution in [0.15, 0.2) is 22.7 Å². The third-order valence-electron chi connectivity index (χ3n) is 3.13. The molecular formula is C16H25BrFN. The minimum absolute atomic E-state index is 0.0832. The van der Waals surface area contributed by atoms with Crippen LogP contribution >= 0.6 is 15.9 Å². The normalized spacial score (nSPS) is 12.8. The topological polar surface area (TPSA) is 12.0 Å². The molecule has 0 spiro atoms. The van der Waals surface area contributed by atoms with Crippen LogP contribution in [0.2, 0.25) is 0 Å². The van der Waals surface area contributed by atoms with E-state index < -0.39 is 0 Å². The lowest BCUT2D eigenvalue weighted by molar-refractivity contribution is 0.299. The summed E-state index contributed by atoms with van der Waals surface area (Å²) in [7, 11) is 0. The van der Waals surface area contributed by atoms with Crippen molar-refractivity contribution >= 4 is 15.9 Å². The average molecular weight is 330 g/mol. The second kappa shape index (κ2) is 6.36. The molecule has 0 bridgehead atoms. The van der Waals surface area contributed by atoms with Gasteiger partial charge in [-0.15, -0.1) is 0 Å². The Morgan fingerprint density at radius 3 is 2.37 bits per heavy atom. The van der Waals surface area contributed by atoms with E-state index in [1.165, 1.54) is 6.07 Å². The van der Waals surface area contributed by atoms with Crippen LogP contribution in [0.1, 0.15) is 46.6 Å². The Morgan fingerprint density at radius 1 is 1.16 bits per heavy atom. The van der Waals surface area contributed by atoms with Crippen molar-refractivity contribution in [1.82, 2.24) is 5.32 Å². The van der Waals surface area contributed by atoms with Gasteiger partial charge in [-0.2, -0.15) is 0 Å². The number of rotatable bonds is 5. The van der Waals surface area contributed by atoms with Gasteiger partial charge in [-0.05, 0) is 69.3 Å². The van der Waals surface area contributed by atoms with E-state index in [-0.39, 0.29) is 16.8 Å². The van der Waals surface area contributed by atoms with Gasteiger partial charge in [-0.1, -0.05) is 29.8 Å². The van der Waals surface area contributed by atoms with Crippen molar-refractivity contribution in [2.45, 2.75) is 53.0 Å². The van der Waals surface area contributed by atoms with Crippen LogP contribution < -0.4 is 5.32 Å². The molecule has 1 rings (SSSR count). The highest BCUT2D eigenvalue weighted by Gasteiger charge is 2.21. The van der Waals surface area contributed by atoms with E-state index in [4.69, 9.17) is 0 Å². The van der Waals surface area contributed by atoms with Crippen LogP contribution in [-0.4, -0.2) is 12.1 Å². The Kier molecular flexibility index (Phi) is 5.57. The minimum atomic E-state index is -0.111. The van der Waals surface area contributed by atoms with Gasteiger partial charge >= 0.3 is 0 Å². The van der Waals surface area contributed by atoms with Gasteiger partial charge in [0.25, 0.3) is 0 Å². The molecule has 1 aromatic carbocycles. The van der Waals surface area contributed by atoms with Crippen LogP contribution in [0.3, 0.4) is 0 Å². The largest absolute Gasteiger partial charge is 0.312 e. The second-order valence-electron chi connectivity index (χ2n) is 7.00. The summed E-state index contributed by atoms with van der Waals surface area (Å²) in [6.45, 7) is 11.8. The molecule has 0 amide bonds. The van der Waals surface area contributed by atoms with Gasteiger partial charge in [0.05, 0.1) is 0 Å². The molecule has 0 fully saturated rings. The second-order valence-corrected chi connectivity index (χ2v) is 7.92. The molecule has 0 aliphatic heterocycles. The summed E-state index contributed by atoms with van der Waals surface area (Å²) in [4.78, 5) is 0. The molecule has 1 nitrogen and oxygen atoms in total. The number of benzene rings is 1. The molecule has 0 saturated heterocycles. The molecule has 0 aliphatic rings. The first-order chi connectivity index (χ1) is 8.59. The van der Waals surface area contributed by atoms with Crippen molar-refractivity contribution in [1.29, 1.82) is 0 Å². The standard InChI is InChI=1S/C16H25BrFN/c1-15(2,3)19-9-8-16(4,5)11-12-10-13(17)6-7-14(12)18/h6-7,10,19H,8-9,11H2,1-5H3. The highest BCUT2D eigenvalue weighted by Crippen LogP contribution is 2.28. The molecule has 1 aromatic rings. The first-order valence-electron chi connectivity index (χ1n) is 6.78. The van der Waals surface area contributed by atoms with E-state index in [0.29, 0.717) is 0 Å². The van der Waals surface area contributed by atoms with Gasteiger partial charge in [-0.25, -0.2) is 4.39 Å². The lowest BCUT2D eigenvalue weighted by Crippen LogP contribution is -2.38. The fourth-order valence-corrected chi connectivity index (χ4v) is 2.47. The van der Waals surface area contributed by atoms with Gasteiger partial charge in [-0.3, -0.25) is 0 Å². The van der Waals surface area contributed by atoms with E-state index in [9.17, 15) is 4.39 Å². The number of hydrogen-bond donors (Lipinski definition) is 1. The fourth-order valence-electron chi connectivity index (χ4n) is 2.06. The van der Waals surface area contributed by atoms with Crippen molar-refractivity contribution < 1.29 is 4.39 Å². The summed E-state index contributed by atoms with van der Waals surface area (Å²) in [5.74, 6) is -0.111. The summed E-state index contributed by atoms with van der Waals surface area (Å²) in [5, 5.41) is 3.49. The molecular weight excluding hydrogens is 305 g/mol. The Bertz CT molecular complexity index is 421. The Balaban J connectivity index is 2.61. The maximum Gasteiger partial charge on any atom is 0.126 e. The predicted molar refractivity (Wildman–Crippen MR) is 84.0 cm³/mol. The van der Waals surface area contributed by atoms with Gasteiger partial charge in [0.1, 0.15) is 5.82 Å². The van der Waals surface area contributed by atoms with E-state index in [1.54, 1.807) is 6.07 Å². The minimum Gasteiger partial charge on any atom is -0.312 e. The maximum absolute atomic E-state index is 13.8. The molecule has 19 heavy (non-hydrogen) atoms. The summed E-state index contributed by atoms with van der Waals surface area (Å²) in [6, 6.07) is 5.16. The van der Waals surface area contributed by atoms with Crippen LogP contribution in [0, 0.1) is 11.2 Å². The highest BCUT2D eigenvalue weighted by molar-refractivity contribution is 9.10. The molecule has 108 valence electrons. The van der Waals surface area contributed by atoms with Crippen molar-refractivity contribution in [2.24, 2.45) is 5.41 Å². The number of halogens is 2. The van der Waals surface area contributed by atoms with Gasteiger partial charge in [0, 0.05) is 10.0 Å². The molecule has 1 N–H and O–H groups in total. The van der Waals surface area contributed by atoms with Gasteiger partial charge < -0.3 is 5.32 Å². The lowest BCUT2D eigenvalue weighted by atomic mass is 9.82. The summed E-state index contributed by atoms with van der Waals surface area (Å²) < 4.78 is 14.7. The maximum atomic E-state index is 13.8. The van der Waals surface area contributed by atoms with Gasteiger partial charge in [0.2, 0.25) is 0 Å². The zero-order valence-electron chi connectivity index (χ0n) is 12.6. The quantitative estimate of drug-likeness (QED) is 0.807. The molecule has 0 aromatic heterocycles. The van der Waals surface area contributed by atoms with Crippen LogP contribution in [0.4, 0.5) is 4.39 Å². The van der Waals surface area contributed by atoms with Crippen LogP contribution in [0.25, 0.3) is 0 Å². The monoisotopic (exact) mass is 329 g/mol. The fraction of sp³-hybridized carbons (Fsp3) is 0.625. The average Bonchev–Trinajstić information content (AvgIpc) is 2.20. The van der Waals surface area contributed by atoms with Gasteiger partial charge in [0.15, 0.2) is 0 Å². The third kappa shape index (κ3) is 6.53. The van der Waals surface area contributed by atoms with Crippen LogP contribution in [0.5, 0.6) is 0 Å². The third-order valence-corrected chi connectivity index (χ3v) is 3.63. The lowest BCUT2D eigenvalue weighted by Gasteiger charge is -2.28. The Hall–Kier alpha value is -0.410. The molecule has 0 heterocycles. The van der Waals surface area contributed by atoms with Crippen molar-refractivity contribution in [3.05, 3.63) is 34.1 Å². The first kappa shape index (κ1) is 16.6. The van der Waals surface area contributed by atoms with E-state index in [2.05, 4.69) is 55.9 Å². The number of nitrogens with one attached hydrogen (secondary N) is 1. The zero-order chi connectivity index (χ0) is 14.7. The Labute approximate surface area is 125 Å². The highest BCUT2D eigenvalue weighted by atomic mass is 79.9. The van der Waals surface area contributed by atoms with E-state index >= 15 is 0 Å². The molecule has 0 atom stereocenters. The van der Waals surface area contributed by atoms with E-state index in [1.807, 2.05) is 6.07 Å². The summed E-state index contributed by atoms with van der Waals surface area (Å²) in [6.07, 6.45) is 1.78. The SMILES string of the molecule is CC(C)(CCNC(C)(C)C)Cc1cc(Br)ccc1F.